The SMILES string of the molecule is O=C(COc1ccc2ccccc2c1)N/N=C/c1cc2ccccc2[nH]c1=O. The first-order valence-electron chi connectivity index (χ1n) is 8.75. The van der Waals surface area contributed by atoms with Crippen molar-refractivity contribution in [1.82, 2.24) is 10.4 Å². The third-order valence-corrected chi connectivity index (χ3v) is 4.27. The Kier molecular flexibility index (Phi) is 4.84. The van der Waals surface area contributed by atoms with Crippen LogP contribution in [0.1, 0.15) is 5.56 Å². The van der Waals surface area contributed by atoms with Gasteiger partial charge in [-0.15, -0.1) is 0 Å². The van der Waals surface area contributed by atoms with Gasteiger partial charge in [0.25, 0.3) is 11.5 Å². The zero-order valence-electron chi connectivity index (χ0n) is 14.9. The molecule has 0 aliphatic heterocycles. The highest BCUT2D eigenvalue weighted by Crippen LogP contribution is 2.20. The van der Waals surface area contributed by atoms with Crippen LogP contribution in [0.3, 0.4) is 0 Å². The first-order valence-corrected chi connectivity index (χ1v) is 8.75. The van der Waals surface area contributed by atoms with Crippen molar-refractivity contribution >= 4 is 33.8 Å². The molecule has 0 saturated carbocycles. The van der Waals surface area contributed by atoms with Gasteiger partial charge in [0.1, 0.15) is 5.75 Å². The van der Waals surface area contributed by atoms with Crippen molar-refractivity contribution in [1.29, 1.82) is 0 Å². The van der Waals surface area contributed by atoms with Crippen molar-refractivity contribution in [2.75, 3.05) is 6.61 Å². The second-order valence-corrected chi connectivity index (χ2v) is 6.23. The van der Waals surface area contributed by atoms with Crippen LogP contribution in [0.25, 0.3) is 21.7 Å². The number of hydrogen-bond acceptors (Lipinski definition) is 4. The molecular formula is C22H17N3O3. The Labute approximate surface area is 160 Å². The van der Waals surface area contributed by atoms with Crippen molar-refractivity contribution in [3.63, 3.8) is 0 Å². The maximum Gasteiger partial charge on any atom is 0.277 e. The standard InChI is InChI=1S/C22H17N3O3/c26-21(14-28-19-10-9-15-5-1-2-6-16(15)12-19)25-23-13-18-11-17-7-3-4-8-20(17)24-22(18)27/h1-13H,14H2,(H,24,27)(H,25,26)/b23-13+. The number of carbonyl (C=O) groups excluding carboxylic acids is 1. The van der Waals surface area contributed by atoms with Gasteiger partial charge in [-0.05, 0) is 40.4 Å². The van der Waals surface area contributed by atoms with Gasteiger partial charge in [-0.2, -0.15) is 5.10 Å². The minimum absolute atomic E-state index is 0.177. The fourth-order valence-corrected chi connectivity index (χ4v) is 2.87. The quantitative estimate of drug-likeness (QED) is 0.417. The largest absolute Gasteiger partial charge is 0.484 e. The fraction of sp³-hybridized carbons (Fsp3) is 0.0455. The van der Waals surface area contributed by atoms with Crippen LogP contribution in [0.2, 0.25) is 0 Å². The maximum absolute atomic E-state index is 12.0. The zero-order chi connectivity index (χ0) is 19.3. The smallest absolute Gasteiger partial charge is 0.277 e. The Morgan fingerprint density at radius 3 is 2.57 bits per heavy atom. The molecule has 4 rings (SSSR count). The molecule has 0 radical (unpaired) electrons. The lowest BCUT2D eigenvalue weighted by Crippen LogP contribution is -2.25. The van der Waals surface area contributed by atoms with Gasteiger partial charge < -0.3 is 9.72 Å². The molecule has 2 N–H and O–H groups in total. The highest BCUT2D eigenvalue weighted by molar-refractivity contribution is 5.88. The molecule has 3 aromatic carbocycles. The highest BCUT2D eigenvalue weighted by Gasteiger charge is 2.04. The van der Waals surface area contributed by atoms with E-state index in [0.29, 0.717) is 11.3 Å². The highest BCUT2D eigenvalue weighted by atomic mass is 16.5. The number of rotatable bonds is 5. The Morgan fingerprint density at radius 2 is 1.71 bits per heavy atom. The Bertz CT molecular complexity index is 1240. The molecule has 0 saturated heterocycles. The predicted molar refractivity (Wildman–Crippen MR) is 110 cm³/mol. The van der Waals surface area contributed by atoms with E-state index in [1.807, 2.05) is 66.7 Å². The lowest BCUT2D eigenvalue weighted by atomic mass is 10.1. The normalized spacial score (nSPS) is 11.1. The number of fused-ring (bicyclic) bond motifs is 2. The van der Waals surface area contributed by atoms with Gasteiger partial charge in [-0.25, -0.2) is 5.43 Å². The number of H-pyrrole nitrogens is 1. The summed E-state index contributed by atoms with van der Waals surface area (Å²) in [5.74, 6) is 0.186. The van der Waals surface area contributed by atoms with Crippen molar-refractivity contribution in [3.8, 4) is 5.75 Å². The number of aromatic amines is 1. The third kappa shape index (κ3) is 3.91. The van der Waals surface area contributed by atoms with Crippen LogP contribution in [0.4, 0.5) is 0 Å². The van der Waals surface area contributed by atoms with Crippen molar-refractivity contribution in [2.24, 2.45) is 5.10 Å². The molecule has 4 aromatic rings. The van der Waals surface area contributed by atoms with E-state index in [4.69, 9.17) is 4.74 Å². The molecule has 0 fully saturated rings. The Hall–Kier alpha value is -3.93. The van der Waals surface area contributed by atoms with Gasteiger partial charge in [0.05, 0.1) is 11.8 Å². The number of aromatic nitrogens is 1. The number of hydrogen-bond donors (Lipinski definition) is 2. The summed E-state index contributed by atoms with van der Waals surface area (Å²) < 4.78 is 5.51. The van der Waals surface area contributed by atoms with E-state index in [1.165, 1.54) is 6.21 Å². The molecule has 0 aliphatic carbocycles. The number of pyridine rings is 1. The number of nitrogens with one attached hydrogen (secondary N) is 2. The minimum Gasteiger partial charge on any atom is -0.484 e. The van der Waals surface area contributed by atoms with Crippen LogP contribution in [-0.2, 0) is 4.79 Å². The van der Waals surface area contributed by atoms with Crippen LogP contribution in [0, 0.1) is 0 Å². The average Bonchev–Trinajstić information content (AvgIpc) is 2.72. The summed E-state index contributed by atoms with van der Waals surface area (Å²) in [5, 5.41) is 6.87. The molecule has 1 heterocycles. The van der Waals surface area contributed by atoms with E-state index < -0.39 is 5.91 Å². The van der Waals surface area contributed by atoms with Gasteiger partial charge >= 0.3 is 0 Å². The average molecular weight is 371 g/mol. The first-order chi connectivity index (χ1) is 13.7. The van der Waals surface area contributed by atoms with Crippen LogP contribution < -0.4 is 15.7 Å². The summed E-state index contributed by atoms with van der Waals surface area (Å²) in [5.41, 5.74) is 3.20. The van der Waals surface area contributed by atoms with E-state index in [9.17, 15) is 9.59 Å². The molecule has 0 bridgehead atoms. The molecule has 0 spiro atoms. The van der Waals surface area contributed by atoms with E-state index in [-0.39, 0.29) is 12.2 Å². The molecular weight excluding hydrogens is 354 g/mol. The summed E-state index contributed by atoms with van der Waals surface area (Å²) in [6.07, 6.45) is 1.32. The van der Waals surface area contributed by atoms with Crippen molar-refractivity contribution in [2.45, 2.75) is 0 Å². The summed E-state index contributed by atoms with van der Waals surface area (Å²) in [6.45, 7) is -0.177. The minimum atomic E-state index is -0.415. The summed E-state index contributed by atoms with van der Waals surface area (Å²) >= 11 is 0. The predicted octanol–water partition coefficient (Wildman–Crippen LogP) is 3.21. The molecule has 6 nitrogen and oxygen atoms in total. The van der Waals surface area contributed by atoms with Gasteiger partial charge in [0.2, 0.25) is 0 Å². The van der Waals surface area contributed by atoms with E-state index in [0.717, 1.165) is 21.7 Å². The fourth-order valence-electron chi connectivity index (χ4n) is 2.87. The molecule has 1 aromatic heterocycles. The molecule has 138 valence electrons. The van der Waals surface area contributed by atoms with Crippen LogP contribution in [0.5, 0.6) is 5.75 Å². The second kappa shape index (κ2) is 7.75. The zero-order valence-corrected chi connectivity index (χ0v) is 14.9. The lowest BCUT2D eigenvalue weighted by Gasteiger charge is -2.06. The number of carbonyl (C=O) groups is 1. The van der Waals surface area contributed by atoms with Crippen LogP contribution in [0.15, 0.2) is 82.7 Å². The number of benzene rings is 3. The summed E-state index contributed by atoms with van der Waals surface area (Å²) in [7, 11) is 0. The van der Waals surface area contributed by atoms with E-state index in [2.05, 4.69) is 15.5 Å². The first kappa shape index (κ1) is 17.5. The monoisotopic (exact) mass is 371 g/mol. The third-order valence-electron chi connectivity index (χ3n) is 4.27. The van der Waals surface area contributed by atoms with Crippen LogP contribution >= 0.6 is 0 Å². The Balaban J connectivity index is 1.37. The van der Waals surface area contributed by atoms with E-state index >= 15 is 0 Å². The molecule has 28 heavy (non-hydrogen) atoms. The molecule has 6 heteroatoms. The maximum atomic E-state index is 12.0. The van der Waals surface area contributed by atoms with Gasteiger partial charge in [0.15, 0.2) is 6.61 Å². The number of para-hydroxylation sites is 1. The molecule has 0 atom stereocenters. The number of nitrogens with zero attached hydrogens (tertiary/aromatic N) is 1. The van der Waals surface area contributed by atoms with Crippen LogP contribution in [-0.4, -0.2) is 23.7 Å². The number of hydrazone groups is 1. The lowest BCUT2D eigenvalue weighted by molar-refractivity contribution is -0.123. The van der Waals surface area contributed by atoms with E-state index in [1.54, 1.807) is 6.07 Å². The summed E-state index contributed by atoms with van der Waals surface area (Å²) in [6, 6.07) is 22.7. The molecule has 0 aliphatic rings. The topological polar surface area (TPSA) is 83.5 Å². The number of amides is 1. The number of ether oxygens (including phenoxy) is 1. The van der Waals surface area contributed by atoms with Crippen molar-refractivity contribution in [3.05, 3.63) is 88.7 Å². The second-order valence-electron chi connectivity index (χ2n) is 6.23. The van der Waals surface area contributed by atoms with Crippen molar-refractivity contribution < 1.29 is 9.53 Å². The van der Waals surface area contributed by atoms with Gasteiger partial charge in [0, 0.05) is 5.52 Å². The van der Waals surface area contributed by atoms with Gasteiger partial charge in [-0.1, -0.05) is 48.5 Å². The van der Waals surface area contributed by atoms with Gasteiger partial charge in [-0.3, -0.25) is 9.59 Å². The Morgan fingerprint density at radius 1 is 0.964 bits per heavy atom. The molecule has 1 amide bonds. The molecule has 0 unspecified atom stereocenters. The summed E-state index contributed by atoms with van der Waals surface area (Å²) in [4.78, 5) is 26.7.